The van der Waals surface area contributed by atoms with Crippen molar-refractivity contribution >= 4 is 32.4 Å². The number of nitrogens with one attached hydrogen (secondary N) is 2. The molecule has 7 heteroatoms. The third kappa shape index (κ3) is 6.06. The molecule has 2 atom stereocenters. The lowest BCUT2D eigenvalue weighted by molar-refractivity contribution is 0.102. The highest BCUT2D eigenvalue weighted by Crippen LogP contribution is 2.31. The monoisotopic (exact) mass is 541 g/mol. The molecule has 1 aliphatic heterocycles. The molecule has 0 saturated carbocycles. The van der Waals surface area contributed by atoms with Gasteiger partial charge in [-0.25, -0.2) is 13.1 Å². The maximum Gasteiger partial charge on any atom is 0.255 e. The van der Waals surface area contributed by atoms with Gasteiger partial charge in [-0.05, 0) is 48.6 Å². The molecule has 1 fully saturated rings. The highest BCUT2D eigenvalue weighted by Gasteiger charge is 2.32. The first-order chi connectivity index (χ1) is 18.9. The van der Waals surface area contributed by atoms with Crippen molar-refractivity contribution in [3.63, 3.8) is 0 Å². The molecule has 5 rings (SSSR count). The van der Waals surface area contributed by atoms with E-state index < -0.39 is 10.0 Å². The molecule has 0 spiro atoms. The van der Waals surface area contributed by atoms with Gasteiger partial charge >= 0.3 is 0 Å². The van der Waals surface area contributed by atoms with Crippen LogP contribution >= 0.6 is 0 Å². The van der Waals surface area contributed by atoms with Crippen LogP contribution in [0.3, 0.4) is 0 Å². The minimum absolute atomic E-state index is 0.133. The predicted molar refractivity (Wildman–Crippen MR) is 157 cm³/mol. The Kier molecular flexibility index (Phi) is 8.12. The van der Waals surface area contributed by atoms with Gasteiger partial charge in [-0.3, -0.25) is 9.69 Å². The summed E-state index contributed by atoms with van der Waals surface area (Å²) in [5, 5.41) is 4.26. The molecule has 4 aromatic carbocycles. The van der Waals surface area contributed by atoms with E-state index in [1.165, 1.54) is 5.56 Å². The maximum absolute atomic E-state index is 13.7. The number of fused-ring (bicyclic) bond motifs is 1. The number of hydrogen-bond donors (Lipinski definition) is 2. The third-order valence-corrected chi connectivity index (χ3v) is 9.26. The van der Waals surface area contributed by atoms with Gasteiger partial charge in [0.25, 0.3) is 5.91 Å². The van der Waals surface area contributed by atoms with Gasteiger partial charge in [0, 0.05) is 47.7 Å². The van der Waals surface area contributed by atoms with Crippen molar-refractivity contribution in [3.8, 4) is 0 Å². The Balaban J connectivity index is 1.36. The van der Waals surface area contributed by atoms with Gasteiger partial charge in [0.05, 0.1) is 4.90 Å². The first kappa shape index (κ1) is 27.1. The Morgan fingerprint density at radius 2 is 1.59 bits per heavy atom. The van der Waals surface area contributed by atoms with Crippen molar-refractivity contribution in [1.29, 1.82) is 0 Å². The summed E-state index contributed by atoms with van der Waals surface area (Å²) in [6.45, 7) is 6.58. The molecule has 4 aromatic rings. The standard InChI is InChI=1S/C32H35N3O3S/c1-3-25-22-35(21-24-12-5-4-6-13-24)20-19-29(25)34-39(37,38)31-18-17-30(27-15-9-10-16-28(27)31)33-32(36)26-14-8-7-11-23(26)2/h4-18,25,29,34H,3,19-22H2,1-2H3,(H,33,36). The molecule has 1 amide bonds. The Hall–Kier alpha value is -3.52. The number of aryl methyl sites for hydroxylation is 1. The molecule has 1 aliphatic rings. The van der Waals surface area contributed by atoms with Crippen LogP contribution in [-0.2, 0) is 16.6 Å². The van der Waals surface area contributed by atoms with Crippen molar-refractivity contribution in [2.45, 2.75) is 44.2 Å². The smallest absolute Gasteiger partial charge is 0.255 e. The van der Waals surface area contributed by atoms with Crippen LogP contribution in [0.1, 0.15) is 41.3 Å². The molecular formula is C32H35N3O3S. The lowest BCUT2D eigenvalue weighted by atomic mass is 9.90. The van der Waals surface area contributed by atoms with Crippen LogP contribution < -0.4 is 10.0 Å². The van der Waals surface area contributed by atoms with E-state index in [9.17, 15) is 13.2 Å². The van der Waals surface area contributed by atoms with E-state index in [1.54, 1.807) is 24.3 Å². The fourth-order valence-corrected chi connectivity index (χ4v) is 7.11. The zero-order valence-electron chi connectivity index (χ0n) is 22.4. The molecule has 2 N–H and O–H groups in total. The minimum atomic E-state index is -3.79. The van der Waals surface area contributed by atoms with Crippen LogP contribution in [0.4, 0.5) is 5.69 Å². The largest absolute Gasteiger partial charge is 0.321 e. The molecule has 6 nitrogen and oxygen atoms in total. The Morgan fingerprint density at radius 3 is 2.33 bits per heavy atom. The molecule has 39 heavy (non-hydrogen) atoms. The van der Waals surface area contributed by atoms with Crippen LogP contribution in [0.2, 0.25) is 0 Å². The Morgan fingerprint density at radius 1 is 0.897 bits per heavy atom. The summed E-state index contributed by atoms with van der Waals surface area (Å²) in [7, 11) is -3.79. The van der Waals surface area contributed by atoms with Gasteiger partial charge in [0.1, 0.15) is 0 Å². The summed E-state index contributed by atoms with van der Waals surface area (Å²) in [5.74, 6) is -0.00351. The number of likely N-dealkylation sites (tertiary alicyclic amines) is 1. The van der Waals surface area contributed by atoms with E-state index in [0.29, 0.717) is 22.0 Å². The number of carbonyl (C=O) groups excluding carboxylic acids is 1. The lowest BCUT2D eigenvalue weighted by Crippen LogP contribution is -2.50. The first-order valence-electron chi connectivity index (χ1n) is 13.5. The fraction of sp³-hybridized carbons (Fsp3) is 0.281. The molecule has 2 unspecified atom stereocenters. The molecule has 0 aliphatic carbocycles. The number of nitrogens with zero attached hydrogens (tertiary/aromatic N) is 1. The van der Waals surface area contributed by atoms with Gasteiger partial charge in [0.15, 0.2) is 0 Å². The highest BCUT2D eigenvalue weighted by molar-refractivity contribution is 7.89. The van der Waals surface area contributed by atoms with Gasteiger partial charge in [0.2, 0.25) is 10.0 Å². The van der Waals surface area contributed by atoms with Gasteiger partial charge < -0.3 is 5.32 Å². The van der Waals surface area contributed by atoms with Crippen LogP contribution in [0.25, 0.3) is 10.8 Å². The highest BCUT2D eigenvalue weighted by atomic mass is 32.2. The summed E-state index contributed by atoms with van der Waals surface area (Å²) in [6, 6.07) is 28.3. The SMILES string of the molecule is CCC1CN(Cc2ccccc2)CCC1NS(=O)(=O)c1ccc(NC(=O)c2ccccc2C)c2ccccc12. The molecule has 0 radical (unpaired) electrons. The second-order valence-corrected chi connectivity index (χ2v) is 12.0. The van der Waals surface area contributed by atoms with Crippen LogP contribution in [0.15, 0.2) is 95.9 Å². The zero-order valence-corrected chi connectivity index (χ0v) is 23.2. The van der Waals surface area contributed by atoms with E-state index in [-0.39, 0.29) is 22.8 Å². The molecule has 0 aromatic heterocycles. The van der Waals surface area contributed by atoms with Crippen molar-refractivity contribution in [2.75, 3.05) is 18.4 Å². The van der Waals surface area contributed by atoms with Crippen molar-refractivity contribution in [1.82, 2.24) is 9.62 Å². The minimum Gasteiger partial charge on any atom is -0.321 e. The average molecular weight is 542 g/mol. The topological polar surface area (TPSA) is 78.5 Å². The second-order valence-electron chi connectivity index (χ2n) is 10.3. The van der Waals surface area contributed by atoms with Crippen LogP contribution in [0.5, 0.6) is 0 Å². The number of anilines is 1. The molecule has 1 saturated heterocycles. The fourth-order valence-electron chi connectivity index (χ4n) is 5.56. The summed E-state index contributed by atoms with van der Waals surface area (Å²) >= 11 is 0. The number of piperidine rings is 1. The number of hydrogen-bond acceptors (Lipinski definition) is 4. The van der Waals surface area contributed by atoms with E-state index in [4.69, 9.17) is 0 Å². The number of amides is 1. The second kappa shape index (κ2) is 11.7. The van der Waals surface area contributed by atoms with Gasteiger partial charge in [-0.2, -0.15) is 0 Å². The van der Waals surface area contributed by atoms with Crippen LogP contribution in [0, 0.1) is 12.8 Å². The van der Waals surface area contributed by atoms with Crippen molar-refractivity contribution < 1.29 is 13.2 Å². The average Bonchev–Trinajstić information content (AvgIpc) is 2.94. The van der Waals surface area contributed by atoms with E-state index >= 15 is 0 Å². The van der Waals surface area contributed by atoms with Crippen molar-refractivity contribution in [2.24, 2.45) is 5.92 Å². The number of rotatable bonds is 8. The number of carbonyl (C=O) groups is 1. The summed E-state index contributed by atoms with van der Waals surface area (Å²) in [5.41, 5.74) is 3.32. The Bertz CT molecular complexity index is 1570. The predicted octanol–water partition coefficient (Wildman–Crippen LogP) is 5.98. The zero-order chi connectivity index (χ0) is 27.4. The summed E-state index contributed by atoms with van der Waals surface area (Å²) in [6.07, 6.45) is 1.65. The van der Waals surface area contributed by atoms with E-state index in [0.717, 1.165) is 38.0 Å². The van der Waals surface area contributed by atoms with Gasteiger partial charge in [-0.1, -0.05) is 86.1 Å². The van der Waals surface area contributed by atoms with Crippen LogP contribution in [-0.4, -0.2) is 38.4 Å². The quantitative estimate of drug-likeness (QED) is 0.288. The Labute approximate surface area is 231 Å². The van der Waals surface area contributed by atoms with E-state index in [1.807, 2.05) is 49.4 Å². The number of sulfonamides is 1. The molecule has 0 bridgehead atoms. The van der Waals surface area contributed by atoms with Gasteiger partial charge in [-0.15, -0.1) is 0 Å². The normalized spacial score (nSPS) is 18.2. The maximum atomic E-state index is 13.7. The number of benzene rings is 4. The molecule has 1 heterocycles. The molecular weight excluding hydrogens is 506 g/mol. The summed E-state index contributed by atoms with van der Waals surface area (Å²) < 4.78 is 30.5. The first-order valence-corrected chi connectivity index (χ1v) is 15.0. The molecule has 202 valence electrons. The lowest BCUT2D eigenvalue weighted by Gasteiger charge is -2.38. The third-order valence-electron chi connectivity index (χ3n) is 7.71. The van der Waals surface area contributed by atoms with E-state index in [2.05, 4.69) is 46.1 Å². The summed E-state index contributed by atoms with van der Waals surface area (Å²) in [4.78, 5) is 15.6. The van der Waals surface area contributed by atoms with Crippen molar-refractivity contribution in [3.05, 3.63) is 108 Å².